The van der Waals surface area contributed by atoms with Gasteiger partial charge in [0.05, 0.1) is 6.20 Å². The smallest absolute Gasteiger partial charge is 0.251 e. The second-order valence-corrected chi connectivity index (χ2v) is 7.24. The van der Waals surface area contributed by atoms with E-state index in [1.54, 1.807) is 48.8 Å². The van der Waals surface area contributed by atoms with Crippen LogP contribution in [-0.2, 0) is 4.79 Å². The number of amides is 2. The van der Waals surface area contributed by atoms with Gasteiger partial charge in [-0.05, 0) is 61.0 Å². The molecule has 7 heteroatoms. The molecule has 3 aromatic rings. The minimum absolute atomic E-state index is 0.160. The molecule has 2 N–H and O–H groups in total. The number of anilines is 1. The molecular formula is C22H20BrN3O3. The first kappa shape index (κ1) is 20.5. The highest BCUT2D eigenvalue weighted by molar-refractivity contribution is 9.10. The van der Waals surface area contributed by atoms with Gasteiger partial charge >= 0.3 is 0 Å². The summed E-state index contributed by atoms with van der Waals surface area (Å²) in [5.74, 6) is 0.825. The van der Waals surface area contributed by atoms with E-state index in [1.807, 2.05) is 25.1 Å². The number of hydrogen-bond acceptors (Lipinski definition) is 4. The summed E-state index contributed by atoms with van der Waals surface area (Å²) in [5, 5.41) is 5.60. The highest BCUT2D eigenvalue weighted by atomic mass is 79.9. The number of nitrogens with zero attached hydrogens (tertiary/aromatic N) is 1. The Bertz CT molecular complexity index is 992. The van der Waals surface area contributed by atoms with Crippen molar-refractivity contribution in [2.24, 2.45) is 0 Å². The Morgan fingerprint density at radius 2 is 1.86 bits per heavy atom. The summed E-state index contributed by atoms with van der Waals surface area (Å²) in [6.45, 7) is 2.16. The zero-order valence-corrected chi connectivity index (χ0v) is 17.4. The van der Waals surface area contributed by atoms with E-state index in [9.17, 15) is 9.59 Å². The molecule has 0 aliphatic rings. The molecular weight excluding hydrogens is 434 g/mol. The second kappa shape index (κ2) is 9.84. The third-order valence-corrected chi connectivity index (χ3v) is 4.59. The molecule has 1 heterocycles. The van der Waals surface area contributed by atoms with Crippen molar-refractivity contribution in [3.63, 3.8) is 0 Å². The van der Waals surface area contributed by atoms with Gasteiger partial charge in [0.1, 0.15) is 11.5 Å². The van der Waals surface area contributed by atoms with E-state index in [2.05, 4.69) is 31.5 Å². The predicted octanol–water partition coefficient (Wildman–Crippen LogP) is 4.70. The van der Waals surface area contributed by atoms with E-state index < -0.39 is 0 Å². The third-order valence-electron chi connectivity index (χ3n) is 4.10. The van der Waals surface area contributed by atoms with Gasteiger partial charge in [-0.3, -0.25) is 14.6 Å². The van der Waals surface area contributed by atoms with E-state index in [-0.39, 0.29) is 24.8 Å². The molecule has 0 spiro atoms. The molecule has 29 heavy (non-hydrogen) atoms. The second-order valence-electron chi connectivity index (χ2n) is 6.33. The maximum atomic E-state index is 12.3. The fourth-order valence-corrected chi connectivity index (χ4v) is 2.91. The van der Waals surface area contributed by atoms with Gasteiger partial charge in [-0.15, -0.1) is 0 Å². The number of pyridine rings is 1. The standard InChI is InChI=1S/C22H20BrN3O3/c1-15-4-7-17(23)13-20(15)26-21(27)10-12-25-22(28)16-5-8-18(9-6-16)29-19-3-2-11-24-14-19/h2-9,11,13-14H,10,12H2,1H3,(H,25,28)(H,26,27). The van der Waals surface area contributed by atoms with E-state index >= 15 is 0 Å². The molecule has 3 rings (SSSR count). The Kier molecular flexibility index (Phi) is 6.97. The summed E-state index contributed by atoms with van der Waals surface area (Å²) in [5.41, 5.74) is 2.21. The van der Waals surface area contributed by atoms with Crippen LogP contribution in [0.4, 0.5) is 5.69 Å². The maximum absolute atomic E-state index is 12.3. The van der Waals surface area contributed by atoms with E-state index in [0.29, 0.717) is 17.1 Å². The highest BCUT2D eigenvalue weighted by Crippen LogP contribution is 2.21. The van der Waals surface area contributed by atoms with Crippen molar-refractivity contribution < 1.29 is 14.3 Å². The summed E-state index contributed by atoms with van der Waals surface area (Å²) in [7, 11) is 0. The normalized spacial score (nSPS) is 10.3. The van der Waals surface area contributed by atoms with Crippen LogP contribution in [0.25, 0.3) is 0 Å². The SMILES string of the molecule is Cc1ccc(Br)cc1NC(=O)CCNC(=O)c1ccc(Oc2cccnc2)cc1. The van der Waals surface area contributed by atoms with Crippen LogP contribution in [0.2, 0.25) is 0 Å². The Balaban J connectivity index is 1.46. The lowest BCUT2D eigenvalue weighted by molar-refractivity contribution is -0.116. The number of hydrogen-bond donors (Lipinski definition) is 2. The van der Waals surface area contributed by atoms with E-state index in [4.69, 9.17) is 4.74 Å². The largest absolute Gasteiger partial charge is 0.456 e. The number of nitrogens with one attached hydrogen (secondary N) is 2. The van der Waals surface area contributed by atoms with Crippen LogP contribution < -0.4 is 15.4 Å². The first-order valence-electron chi connectivity index (χ1n) is 9.03. The Hall–Kier alpha value is -3.19. The van der Waals surface area contributed by atoms with Crippen LogP contribution in [0.5, 0.6) is 11.5 Å². The molecule has 6 nitrogen and oxygen atoms in total. The van der Waals surface area contributed by atoms with Crippen LogP contribution in [0, 0.1) is 6.92 Å². The Morgan fingerprint density at radius 1 is 1.07 bits per heavy atom. The monoisotopic (exact) mass is 453 g/mol. The summed E-state index contributed by atoms with van der Waals surface area (Å²) >= 11 is 3.39. The maximum Gasteiger partial charge on any atom is 0.251 e. The number of aromatic nitrogens is 1. The zero-order valence-electron chi connectivity index (χ0n) is 15.8. The van der Waals surface area contributed by atoms with Gasteiger partial charge < -0.3 is 15.4 Å². The molecule has 0 saturated heterocycles. The summed E-state index contributed by atoms with van der Waals surface area (Å²) in [6.07, 6.45) is 3.46. The third kappa shape index (κ3) is 6.15. The van der Waals surface area contributed by atoms with Crippen molar-refractivity contribution in [3.05, 3.63) is 82.6 Å². The highest BCUT2D eigenvalue weighted by Gasteiger charge is 2.09. The molecule has 2 aromatic carbocycles. The Labute approximate surface area is 177 Å². The van der Waals surface area contributed by atoms with Crippen LogP contribution in [-0.4, -0.2) is 23.3 Å². The van der Waals surface area contributed by atoms with Crippen molar-refractivity contribution in [2.75, 3.05) is 11.9 Å². The minimum atomic E-state index is -0.246. The molecule has 0 bridgehead atoms. The lowest BCUT2D eigenvalue weighted by atomic mass is 10.2. The van der Waals surface area contributed by atoms with E-state index in [1.165, 1.54) is 0 Å². The number of carbonyl (C=O) groups is 2. The van der Waals surface area contributed by atoms with Gasteiger partial charge in [0.15, 0.2) is 0 Å². The van der Waals surface area contributed by atoms with Gasteiger partial charge in [-0.25, -0.2) is 0 Å². The van der Waals surface area contributed by atoms with Crippen molar-refractivity contribution in [1.29, 1.82) is 0 Å². The number of halogens is 1. The first-order chi connectivity index (χ1) is 14.0. The average Bonchev–Trinajstić information content (AvgIpc) is 2.72. The van der Waals surface area contributed by atoms with E-state index in [0.717, 1.165) is 15.7 Å². The average molecular weight is 454 g/mol. The number of aryl methyl sites for hydroxylation is 1. The molecule has 0 aliphatic carbocycles. The van der Waals surface area contributed by atoms with Crippen LogP contribution in [0.15, 0.2) is 71.5 Å². The zero-order chi connectivity index (χ0) is 20.6. The molecule has 148 valence electrons. The molecule has 0 unspecified atom stereocenters. The molecule has 2 amide bonds. The fraction of sp³-hybridized carbons (Fsp3) is 0.136. The van der Waals surface area contributed by atoms with Gasteiger partial charge in [0, 0.05) is 34.9 Å². The number of rotatable bonds is 7. The quantitative estimate of drug-likeness (QED) is 0.542. The molecule has 1 aromatic heterocycles. The summed E-state index contributed by atoms with van der Waals surface area (Å²) in [6, 6.07) is 16.0. The summed E-state index contributed by atoms with van der Waals surface area (Å²) < 4.78 is 6.54. The first-order valence-corrected chi connectivity index (χ1v) is 9.83. The Morgan fingerprint density at radius 3 is 2.59 bits per heavy atom. The van der Waals surface area contributed by atoms with Crippen molar-refractivity contribution in [3.8, 4) is 11.5 Å². The van der Waals surface area contributed by atoms with Gasteiger partial charge in [-0.2, -0.15) is 0 Å². The molecule has 0 fully saturated rings. The molecule has 0 atom stereocenters. The lowest BCUT2D eigenvalue weighted by Crippen LogP contribution is -2.27. The van der Waals surface area contributed by atoms with Crippen LogP contribution >= 0.6 is 15.9 Å². The van der Waals surface area contributed by atoms with Gasteiger partial charge in [-0.1, -0.05) is 22.0 Å². The van der Waals surface area contributed by atoms with Crippen LogP contribution in [0.1, 0.15) is 22.3 Å². The predicted molar refractivity (Wildman–Crippen MR) is 115 cm³/mol. The number of carbonyl (C=O) groups excluding carboxylic acids is 2. The lowest BCUT2D eigenvalue weighted by Gasteiger charge is -2.10. The number of ether oxygens (including phenoxy) is 1. The van der Waals surface area contributed by atoms with Crippen molar-refractivity contribution in [1.82, 2.24) is 10.3 Å². The van der Waals surface area contributed by atoms with Crippen molar-refractivity contribution >= 4 is 33.4 Å². The molecule has 0 aliphatic heterocycles. The molecule has 0 radical (unpaired) electrons. The molecule has 0 saturated carbocycles. The van der Waals surface area contributed by atoms with Gasteiger partial charge in [0.25, 0.3) is 5.91 Å². The van der Waals surface area contributed by atoms with Gasteiger partial charge in [0.2, 0.25) is 5.91 Å². The summed E-state index contributed by atoms with van der Waals surface area (Å²) in [4.78, 5) is 28.4. The topological polar surface area (TPSA) is 80.3 Å². The minimum Gasteiger partial charge on any atom is -0.456 e. The van der Waals surface area contributed by atoms with Crippen molar-refractivity contribution in [2.45, 2.75) is 13.3 Å². The van der Waals surface area contributed by atoms with Crippen LogP contribution in [0.3, 0.4) is 0 Å². The fourth-order valence-electron chi connectivity index (χ4n) is 2.55. The number of benzene rings is 2.